The highest BCUT2D eigenvalue weighted by Gasteiger charge is 2.20. The standard InChI is InChI=1S/C17H16F2OS/c1-10-4-5-11(2)16(8-10)21-12(3)17(20)14-7-6-13(18)9-15(14)19/h4-9,12H,1-3H3. The van der Waals surface area contributed by atoms with Gasteiger partial charge in [-0.05, 0) is 44.5 Å². The second-order valence-corrected chi connectivity index (χ2v) is 6.40. The lowest BCUT2D eigenvalue weighted by atomic mass is 10.1. The lowest BCUT2D eigenvalue weighted by Gasteiger charge is -2.13. The topological polar surface area (TPSA) is 17.1 Å². The van der Waals surface area contributed by atoms with Crippen LogP contribution in [0.3, 0.4) is 0 Å². The summed E-state index contributed by atoms with van der Waals surface area (Å²) in [5.74, 6) is -1.83. The first-order valence-corrected chi connectivity index (χ1v) is 7.49. The van der Waals surface area contributed by atoms with E-state index in [1.807, 2.05) is 32.0 Å². The van der Waals surface area contributed by atoms with Gasteiger partial charge in [0.1, 0.15) is 11.6 Å². The molecule has 0 spiro atoms. The van der Waals surface area contributed by atoms with E-state index in [4.69, 9.17) is 0 Å². The molecule has 0 aliphatic rings. The van der Waals surface area contributed by atoms with Crippen molar-refractivity contribution < 1.29 is 13.6 Å². The van der Waals surface area contributed by atoms with Gasteiger partial charge in [-0.15, -0.1) is 11.8 Å². The number of carbonyl (C=O) groups is 1. The van der Waals surface area contributed by atoms with Crippen LogP contribution in [-0.2, 0) is 0 Å². The lowest BCUT2D eigenvalue weighted by molar-refractivity contribution is 0.0990. The number of thioether (sulfide) groups is 1. The molecular formula is C17H16F2OS. The highest BCUT2D eigenvalue weighted by molar-refractivity contribution is 8.00. The van der Waals surface area contributed by atoms with Crippen molar-refractivity contribution in [3.63, 3.8) is 0 Å². The van der Waals surface area contributed by atoms with Gasteiger partial charge in [0.05, 0.1) is 10.8 Å². The van der Waals surface area contributed by atoms with Crippen molar-refractivity contribution in [3.05, 3.63) is 64.7 Å². The molecule has 4 heteroatoms. The molecule has 0 amide bonds. The Morgan fingerprint density at radius 3 is 2.48 bits per heavy atom. The Hall–Kier alpha value is -1.68. The molecule has 2 aromatic carbocycles. The van der Waals surface area contributed by atoms with Crippen LogP contribution in [0.5, 0.6) is 0 Å². The van der Waals surface area contributed by atoms with E-state index < -0.39 is 16.9 Å². The van der Waals surface area contributed by atoms with Crippen LogP contribution in [0.4, 0.5) is 8.78 Å². The fourth-order valence-corrected chi connectivity index (χ4v) is 3.11. The molecule has 110 valence electrons. The molecule has 0 bridgehead atoms. The minimum absolute atomic E-state index is 0.0679. The molecule has 1 nitrogen and oxygen atoms in total. The second kappa shape index (κ2) is 6.39. The summed E-state index contributed by atoms with van der Waals surface area (Å²) < 4.78 is 26.6. The van der Waals surface area contributed by atoms with Crippen LogP contribution in [0.1, 0.15) is 28.4 Å². The first kappa shape index (κ1) is 15.7. The number of carbonyl (C=O) groups excluding carboxylic acids is 1. The number of Topliss-reactive ketones (excluding diaryl/α,β-unsaturated/α-hetero) is 1. The molecule has 2 aromatic rings. The minimum atomic E-state index is -0.812. The number of hydrogen-bond acceptors (Lipinski definition) is 2. The van der Waals surface area contributed by atoms with Gasteiger partial charge in [0.15, 0.2) is 5.78 Å². The van der Waals surface area contributed by atoms with E-state index in [-0.39, 0.29) is 11.3 Å². The largest absolute Gasteiger partial charge is 0.293 e. The van der Waals surface area contributed by atoms with Crippen LogP contribution in [-0.4, -0.2) is 11.0 Å². The maximum atomic E-state index is 13.7. The average molecular weight is 306 g/mol. The number of rotatable bonds is 4. The fraction of sp³-hybridized carbons (Fsp3) is 0.235. The Morgan fingerprint density at radius 1 is 1.10 bits per heavy atom. The molecule has 2 rings (SSSR count). The molecule has 0 N–H and O–H groups in total. The van der Waals surface area contributed by atoms with Gasteiger partial charge in [0, 0.05) is 11.0 Å². The molecule has 21 heavy (non-hydrogen) atoms. The second-order valence-electron chi connectivity index (χ2n) is 5.02. The summed E-state index contributed by atoms with van der Waals surface area (Å²) in [6.45, 7) is 5.69. The van der Waals surface area contributed by atoms with E-state index in [2.05, 4.69) is 0 Å². The van der Waals surface area contributed by atoms with Gasteiger partial charge in [-0.25, -0.2) is 8.78 Å². The van der Waals surface area contributed by atoms with Crippen LogP contribution in [0.2, 0.25) is 0 Å². The summed E-state index contributed by atoms with van der Waals surface area (Å²) in [5.41, 5.74) is 2.11. The van der Waals surface area contributed by atoms with Crippen LogP contribution in [0, 0.1) is 25.5 Å². The molecule has 0 aliphatic carbocycles. The third-order valence-corrected chi connectivity index (χ3v) is 4.47. The fourth-order valence-electron chi connectivity index (χ4n) is 1.99. The zero-order chi connectivity index (χ0) is 15.6. The van der Waals surface area contributed by atoms with Crippen LogP contribution in [0.25, 0.3) is 0 Å². The zero-order valence-corrected chi connectivity index (χ0v) is 12.9. The molecule has 0 saturated heterocycles. The number of hydrogen-bond donors (Lipinski definition) is 0. The summed E-state index contributed by atoms with van der Waals surface area (Å²) in [5, 5.41) is -0.439. The van der Waals surface area contributed by atoms with Crippen molar-refractivity contribution in [1.29, 1.82) is 0 Å². The first-order valence-electron chi connectivity index (χ1n) is 6.61. The van der Waals surface area contributed by atoms with Gasteiger partial charge in [0.2, 0.25) is 0 Å². The molecule has 1 atom stereocenters. The maximum absolute atomic E-state index is 13.7. The van der Waals surface area contributed by atoms with E-state index in [9.17, 15) is 13.6 Å². The van der Waals surface area contributed by atoms with Gasteiger partial charge in [-0.1, -0.05) is 17.7 Å². The Morgan fingerprint density at radius 2 is 1.81 bits per heavy atom. The molecule has 0 aliphatic heterocycles. The van der Waals surface area contributed by atoms with Gasteiger partial charge < -0.3 is 0 Å². The van der Waals surface area contributed by atoms with Gasteiger partial charge in [-0.3, -0.25) is 4.79 Å². The third kappa shape index (κ3) is 3.70. The van der Waals surface area contributed by atoms with E-state index in [1.165, 1.54) is 17.8 Å². The van der Waals surface area contributed by atoms with Crippen LogP contribution in [0.15, 0.2) is 41.3 Å². The summed E-state index contributed by atoms with van der Waals surface area (Å²) in [7, 11) is 0. The normalized spacial score (nSPS) is 12.2. The molecule has 0 fully saturated rings. The van der Waals surface area contributed by atoms with Crippen molar-refractivity contribution in [2.45, 2.75) is 30.9 Å². The lowest BCUT2D eigenvalue weighted by Crippen LogP contribution is -2.15. The number of ketones is 1. The van der Waals surface area contributed by atoms with Crippen molar-refractivity contribution in [2.24, 2.45) is 0 Å². The predicted molar refractivity (Wildman–Crippen MR) is 81.9 cm³/mol. The Kier molecular flexibility index (Phi) is 4.78. The third-order valence-electron chi connectivity index (χ3n) is 3.21. The molecule has 0 heterocycles. The SMILES string of the molecule is Cc1ccc(C)c(SC(C)C(=O)c2ccc(F)cc2F)c1. The molecule has 1 unspecified atom stereocenters. The summed E-state index contributed by atoms with van der Waals surface area (Å²) in [6, 6.07) is 9.05. The highest BCUT2D eigenvalue weighted by atomic mass is 32.2. The number of halogens is 2. The predicted octanol–water partition coefficient (Wildman–Crippen LogP) is 4.95. The molecular weight excluding hydrogens is 290 g/mol. The van der Waals surface area contributed by atoms with Gasteiger partial charge in [-0.2, -0.15) is 0 Å². The van der Waals surface area contributed by atoms with E-state index in [1.54, 1.807) is 6.92 Å². The summed E-state index contributed by atoms with van der Waals surface area (Å²) >= 11 is 1.39. The van der Waals surface area contributed by atoms with E-state index in [0.717, 1.165) is 28.2 Å². The minimum Gasteiger partial charge on any atom is -0.293 e. The zero-order valence-electron chi connectivity index (χ0n) is 12.1. The van der Waals surface area contributed by atoms with Crippen LogP contribution >= 0.6 is 11.8 Å². The Labute approximate surface area is 127 Å². The van der Waals surface area contributed by atoms with Crippen molar-refractivity contribution in [3.8, 4) is 0 Å². The first-order chi connectivity index (χ1) is 9.88. The summed E-state index contributed by atoms with van der Waals surface area (Å²) in [6.07, 6.45) is 0. The quantitative estimate of drug-likeness (QED) is 0.587. The van der Waals surface area contributed by atoms with Crippen molar-refractivity contribution in [1.82, 2.24) is 0 Å². The van der Waals surface area contributed by atoms with E-state index in [0.29, 0.717) is 0 Å². The van der Waals surface area contributed by atoms with Gasteiger partial charge in [0.25, 0.3) is 0 Å². The maximum Gasteiger partial charge on any atom is 0.178 e. The number of aryl methyl sites for hydroxylation is 2. The number of benzene rings is 2. The summed E-state index contributed by atoms with van der Waals surface area (Å²) in [4.78, 5) is 13.3. The Balaban J connectivity index is 2.21. The molecule has 0 radical (unpaired) electrons. The van der Waals surface area contributed by atoms with Crippen LogP contribution < -0.4 is 0 Å². The smallest absolute Gasteiger partial charge is 0.178 e. The van der Waals surface area contributed by atoms with Gasteiger partial charge >= 0.3 is 0 Å². The monoisotopic (exact) mass is 306 g/mol. The Bertz CT molecular complexity index is 682. The molecule has 0 aromatic heterocycles. The highest BCUT2D eigenvalue weighted by Crippen LogP contribution is 2.29. The van der Waals surface area contributed by atoms with Crippen molar-refractivity contribution >= 4 is 17.5 Å². The molecule has 0 saturated carbocycles. The van der Waals surface area contributed by atoms with E-state index >= 15 is 0 Å². The average Bonchev–Trinajstić information content (AvgIpc) is 2.42. The van der Waals surface area contributed by atoms with Crippen molar-refractivity contribution in [2.75, 3.05) is 0 Å².